The maximum atomic E-state index is 12.8. The van der Waals surface area contributed by atoms with Crippen molar-refractivity contribution >= 4 is 17.8 Å². The van der Waals surface area contributed by atoms with Crippen LogP contribution in [0.2, 0.25) is 0 Å². The normalized spacial score (nSPS) is 24.6. The molecule has 8 nitrogen and oxygen atoms in total. The van der Waals surface area contributed by atoms with Gasteiger partial charge in [-0.15, -0.1) is 13.2 Å². The number of urea groups is 1. The van der Waals surface area contributed by atoms with E-state index >= 15 is 0 Å². The number of alkyl halides is 3. The quantitative estimate of drug-likeness (QED) is 0.689. The standard InChI is InChI=1S/C18H20F3N3O5/c1-17(11-4-6-12(7-5-11)29-18(19,20)21)15(26)24(16(27)23-17)10-14(25)22-9-13-3-2-8-28-13/h4-7,13H,2-3,8-10H2,1H3,(H,22,25)(H,23,27). The SMILES string of the molecule is CC1(c2ccc(OC(F)(F)F)cc2)NC(=O)N(CC(=O)NCC2CCCO2)C1=O. The Labute approximate surface area is 164 Å². The molecule has 0 radical (unpaired) electrons. The van der Waals surface area contributed by atoms with Gasteiger partial charge in [-0.2, -0.15) is 0 Å². The first kappa shape index (κ1) is 20.9. The molecule has 2 aliphatic rings. The summed E-state index contributed by atoms with van der Waals surface area (Å²) in [6.45, 7) is 1.87. The molecule has 2 saturated heterocycles. The van der Waals surface area contributed by atoms with E-state index in [9.17, 15) is 27.6 Å². The van der Waals surface area contributed by atoms with E-state index in [0.717, 1.165) is 29.9 Å². The minimum absolute atomic E-state index is 0.0789. The van der Waals surface area contributed by atoms with Crippen molar-refractivity contribution in [3.63, 3.8) is 0 Å². The van der Waals surface area contributed by atoms with Gasteiger partial charge in [0.1, 0.15) is 17.8 Å². The molecular formula is C18H20F3N3O5. The second-order valence-corrected chi connectivity index (χ2v) is 6.96. The Hall–Kier alpha value is -2.82. The van der Waals surface area contributed by atoms with Crippen molar-refractivity contribution in [3.05, 3.63) is 29.8 Å². The fourth-order valence-electron chi connectivity index (χ4n) is 3.26. The maximum Gasteiger partial charge on any atom is 0.573 e. The Morgan fingerprint density at radius 1 is 1.34 bits per heavy atom. The average Bonchev–Trinajstić information content (AvgIpc) is 3.23. The summed E-state index contributed by atoms with van der Waals surface area (Å²) in [5.41, 5.74) is -1.25. The molecule has 0 aliphatic carbocycles. The molecule has 0 spiro atoms. The highest BCUT2D eigenvalue weighted by molar-refractivity contribution is 6.09. The molecule has 158 valence electrons. The van der Waals surface area contributed by atoms with Crippen LogP contribution in [-0.2, 0) is 19.9 Å². The Kier molecular flexibility index (Phi) is 5.69. The van der Waals surface area contributed by atoms with Gasteiger partial charge in [-0.25, -0.2) is 4.79 Å². The number of halogens is 3. The van der Waals surface area contributed by atoms with E-state index in [1.54, 1.807) is 0 Å². The number of carbonyl (C=O) groups is 3. The van der Waals surface area contributed by atoms with E-state index in [-0.39, 0.29) is 11.7 Å². The van der Waals surface area contributed by atoms with E-state index < -0.39 is 42.0 Å². The lowest BCUT2D eigenvalue weighted by atomic mass is 9.92. The Balaban J connectivity index is 1.64. The van der Waals surface area contributed by atoms with Crippen LogP contribution in [0.1, 0.15) is 25.3 Å². The number of hydrogen-bond acceptors (Lipinski definition) is 5. The number of carbonyl (C=O) groups excluding carboxylic acids is 3. The number of nitrogens with zero attached hydrogens (tertiary/aromatic N) is 1. The summed E-state index contributed by atoms with van der Waals surface area (Å²) in [4.78, 5) is 37.9. The van der Waals surface area contributed by atoms with Gasteiger partial charge >= 0.3 is 12.4 Å². The van der Waals surface area contributed by atoms with Crippen molar-refractivity contribution in [2.24, 2.45) is 0 Å². The minimum atomic E-state index is -4.84. The Morgan fingerprint density at radius 2 is 2.03 bits per heavy atom. The van der Waals surface area contributed by atoms with Crippen LogP contribution >= 0.6 is 0 Å². The number of ether oxygens (including phenoxy) is 2. The Bertz CT molecular complexity index is 793. The summed E-state index contributed by atoms with van der Waals surface area (Å²) in [6, 6.07) is 3.83. The predicted octanol–water partition coefficient (Wildman–Crippen LogP) is 1.65. The van der Waals surface area contributed by atoms with Gasteiger partial charge in [-0.1, -0.05) is 12.1 Å². The van der Waals surface area contributed by atoms with E-state index in [1.807, 2.05) is 0 Å². The second kappa shape index (κ2) is 7.90. The fraction of sp³-hybridized carbons (Fsp3) is 0.500. The third-order valence-electron chi connectivity index (χ3n) is 4.79. The topological polar surface area (TPSA) is 97.0 Å². The van der Waals surface area contributed by atoms with Crippen LogP contribution in [0, 0.1) is 0 Å². The highest BCUT2D eigenvalue weighted by Crippen LogP contribution is 2.31. The predicted molar refractivity (Wildman–Crippen MR) is 92.7 cm³/mol. The molecule has 0 saturated carbocycles. The number of benzene rings is 1. The van der Waals surface area contributed by atoms with Gasteiger partial charge in [-0.3, -0.25) is 14.5 Å². The Morgan fingerprint density at radius 3 is 2.62 bits per heavy atom. The largest absolute Gasteiger partial charge is 0.573 e. The van der Waals surface area contributed by atoms with Crippen molar-refractivity contribution in [1.29, 1.82) is 0 Å². The van der Waals surface area contributed by atoms with Crippen LogP contribution in [0.15, 0.2) is 24.3 Å². The number of nitrogens with one attached hydrogen (secondary N) is 2. The zero-order valence-corrected chi connectivity index (χ0v) is 15.5. The molecular weight excluding hydrogens is 395 g/mol. The second-order valence-electron chi connectivity index (χ2n) is 6.96. The first-order valence-electron chi connectivity index (χ1n) is 8.97. The lowest BCUT2D eigenvalue weighted by molar-refractivity contribution is -0.274. The van der Waals surface area contributed by atoms with Crippen LogP contribution in [0.3, 0.4) is 0 Å². The van der Waals surface area contributed by atoms with Crippen LogP contribution < -0.4 is 15.4 Å². The molecule has 2 heterocycles. The van der Waals surface area contributed by atoms with Gasteiger partial charge in [0.15, 0.2) is 0 Å². The zero-order chi connectivity index (χ0) is 21.2. The van der Waals surface area contributed by atoms with Crippen molar-refractivity contribution in [2.45, 2.75) is 37.8 Å². The molecule has 0 bridgehead atoms. The van der Waals surface area contributed by atoms with Crippen molar-refractivity contribution in [1.82, 2.24) is 15.5 Å². The van der Waals surface area contributed by atoms with Gasteiger partial charge in [0, 0.05) is 13.2 Å². The van der Waals surface area contributed by atoms with Crippen molar-refractivity contribution < 1.29 is 37.0 Å². The molecule has 1 aromatic rings. The molecule has 11 heteroatoms. The first-order chi connectivity index (χ1) is 13.6. The van der Waals surface area contributed by atoms with Gasteiger partial charge in [0.05, 0.1) is 6.10 Å². The molecule has 1 aromatic carbocycles. The average molecular weight is 415 g/mol. The highest BCUT2D eigenvalue weighted by atomic mass is 19.4. The van der Waals surface area contributed by atoms with E-state index in [2.05, 4.69) is 15.4 Å². The zero-order valence-electron chi connectivity index (χ0n) is 15.5. The summed E-state index contributed by atoms with van der Waals surface area (Å²) in [5.74, 6) is -1.64. The van der Waals surface area contributed by atoms with E-state index in [4.69, 9.17) is 4.74 Å². The van der Waals surface area contributed by atoms with Crippen molar-refractivity contribution in [2.75, 3.05) is 19.7 Å². The lowest BCUT2D eigenvalue weighted by Crippen LogP contribution is -2.44. The van der Waals surface area contributed by atoms with Gasteiger partial charge in [-0.05, 0) is 37.5 Å². The third kappa shape index (κ3) is 4.78. The highest BCUT2D eigenvalue weighted by Gasteiger charge is 2.49. The van der Waals surface area contributed by atoms with Crippen LogP contribution in [0.5, 0.6) is 5.75 Å². The van der Waals surface area contributed by atoms with Crippen LogP contribution in [0.4, 0.5) is 18.0 Å². The van der Waals surface area contributed by atoms with Crippen LogP contribution in [-0.4, -0.2) is 54.9 Å². The summed E-state index contributed by atoms with van der Waals surface area (Å²) in [6.07, 6.45) is -3.17. The number of rotatable bonds is 6. The van der Waals surface area contributed by atoms with Gasteiger partial charge in [0.25, 0.3) is 5.91 Å². The molecule has 2 N–H and O–H groups in total. The minimum Gasteiger partial charge on any atom is -0.406 e. The fourth-order valence-corrected chi connectivity index (χ4v) is 3.26. The summed E-state index contributed by atoms with van der Waals surface area (Å²) >= 11 is 0. The number of amides is 4. The third-order valence-corrected chi connectivity index (χ3v) is 4.79. The summed E-state index contributed by atoms with van der Waals surface area (Å²) in [5, 5.41) is 5.11. The summed E-state index contributed by atoms with van der Waals surface area (Å²) in [7, 11) is 0. The molecule has 2 aliphatic heterocycles. The van der Waals surface area contributed by atoms with E-state index in [0.29, 0.717) is 13.2 Å². The molecule has 4 amide bonds. The number of hydrogen-bond donors (Lipinski definition) is 2. The van der Waals surface area contributed by atoms with Gasteiger partial charge in [0.2, 0.25) is 5.91 Å². The molecule has 29 heavy (non-hydrogen) atoms. The molecule has 2 unspecified atom stereocenters. The van der Waals surface area contributed by atoms with Crippen molar-refractivity contribution in [3.8, 4) is 5.75 Å². The lowest BCUT2D eigenvalue weighted by Gasteiger charge is -2.22. The monoisotopic (exact) mass is 415 g/mol. The van der Waals surface area contributed by atoms with E-state index in [1.165, 1.54) is 19.1 Å². The summed E-state index contributed by atoms with van der Waals surface area (Å²) < 4.78 is 46.0. The van der Waals surface area contributed by atoms with Gasteiger partial charge < -0.3 is 20.1 Å². The first-order valence-corrected chi connectivity index (χ1v) is 8.97. The molecule has 2 fully saturated rings. The smallest absolute Gasteiger partial charge is 0.406 e. The maximum absolute atomic E-state index is 12.8. The molecule has 0 aromatic heterocycles. The van der Waals surface area contributed by atoms with Crippen LogP contribution in [0.25, 0.3) is 0 Å². The number of imide groups is 1. The molecule has 3 rings (SSSR count). The molecule has 2 atom stereocenters.